The number of hydrogen-bond donors (Lipinski definition) is 0. The number of thioether (sulfide) groups is 1. The van der Waals surface area contributed by atoms with E-state index in [1.165, 1.54) is 23.8 Å². The van der Waals surface area contributed by atoms with Crippen molar-refractivity contribution >= 4 is 44.1 Å². The van der Waals surface area contributed by atoms with Gasteiger partial charge in [0.1, 0.15) is 5.37 Å². The molecular formula is C13H16BrNO4S. The molecule has 0 unspecified atom stereocenters. The van der Waals surface area contributed by atoms with Gasteiger partial charge >= 0.3 is 0 Å². The average molecular weight is 362 g/mol. The van der Waals surface area contributed by atoms with Crippen LogP contribution in [0.5, 0.6) is 0 Å². The fraction of sp³-hybridized carbons (Fsp3) is 0.615. The minimum Gasteiger partial charge on any atom is -0.368 e. The fourth-order valence-corrected chi connectivity index (χ4v) is 4.07. The highest BCUT2D eigenvalue weighted by Gasteiger charge is 2.55. The molecule has 2 heterocycles. The molecule has 7 heteroatoms. The molecule has 0 aromatic carbocycles. The molecule has 0 saturated carbocycles. The Kier molecular flexibility index (Phi) is 4.15. The van der Waals surface area contributed by atoms with E-state index >= 15 is 0 Å². The smallest absolute Gasteiger partial charge is 0.260 e. The Hall–Kier alpha value is -0.660. The summed E-state index contributed by atoms with van der Waals surface area (Å²) in [5.74, 6) is -0.0627. The summed E-state index contributed by atoms with van der Waals surface area (Å²) < 4.78 is 4.79. The molecule has 0 aliphatic carbocycles. The van der Waals surface area contributed by atoms with Gasteiger partial charge in [-0.25, -0.2) is 0 Å². The molecule has 0 aromatic rings. The van der Waals surface area contributed by atoms with Crippen molar-refractivity contribution in [2.75, 3.05) is 12.9 Å². The lowest BCUT2D eigenvalue weighted by Gasteiger charge is -2.49. The second kappa shape index (κ2) is 5.27. The highest BCUT2D eigenvalue weighted by atomic mass is 79.9. The van der Waals surface area contributed by atoms with Gasteiger partial charge < -0.3 is 4.74 Å². The van der Waals surface area contributed by atoms with Crippen molar-refractivity contribution in [1.29, 1.82) is 0 Å². The summed E-state index contributed by atoms with van der Waals surface area (Å²) in [6, 6.07) is 0. The Morgan fingerprint density at radius 2 is 2.00 bits per heavy atom. The van der Waals surface area contributed by atoms with E-state index in [1.807, 2.05) is 0 Å². The van der Waals surface area contributed by atoms with Crippen molar-refractivity contribution in [3.63, 3.8) is 0 Å². The first kappa shape index (κ1) is 15.7. The van der Waals surface area contributed by atoms with Crippen molar-refractivity contribution in [3.05, 3.63) is 11.3 Å². The third-order valence-electron chi connectivity index (χ3n) is 3.31. The molecule has 20 heavy (non-hydrogen) atoms. The van der Waals surface area contributed by atoms with Gasteiger partial charge in [0.2, 0.25) is 4.69 Å². The lowest BCUT2D eigenvalue weighted by molar-refractivity contribution is -0.160. The minimum atomic E-state index is -0.659. The van der Waals surface area contributed by atoms with Crippen LogP contribution in [0.25, 0.3) is 0 Å². The van der Waals surface area contributed by atoms with Crippen LogP contribution in [0.15, 0.2) is 11.3 Å². The van der Waals surface area contributed by atoms with Crippen LogP contribution in [0, 0.1) is 5.41 Å². The first-order valence-electron chi connectivity index (χ1n) is 6.15. The number of β-lactam (4-membered cyclic amide) rings is 1. The number of Topliss-reactive ketones (excluding diaryl/α,β-unsaturated/α-hetero) is 1. The Morgan fingerprint density at radius 1 is 1.40 bits per heavy atom. The molecule has 110 valence electrons. The van der Waals surface area contributed by atoms with E-state index in [9.17, 15) is 14.4 Å². The zero-order valence-electron chi connectivity index (χ0n) is 11.7. The molecule has 0 spiro atoms. The van der Waals surface area contributed by atoms with Crippen LogP contribution in [0.3, 0.4) is 0 Å². The van der Waals surface area contributed by atoms with Crippen LogP contribution < -0.4 is 0 Å². The van der Waals surface area contributed by atoms with Crippen molar-refractivity contribution in [3.8, 4) is 0 Å². The van der Waals surface area contributed by atoms with E-state index in [0.717, 1.165) is 0 Å². The van der Waals surface area contributed by atoms with Crippen LogP contribution in [0.4, 0.5) is 0 Å². The molecule has 0 aromatic heterocycles. The largest absolute Gasteiger partial charge is 0.368 e. The number of carbonyl (C=O) groups is 3. The Balaban J connectivity index is 2.48. The van der Waals surface area contributed by atoms with Crippen LogP contribution in [0.1, 0.15) is 20.8 Å². The van der Waals surface area contributed by atoms with E-state index in [-0.39, 0.29) is 27.5 Å². The van der Waals surface area contributed by atoms with Gasteiger partial charge in [0.15, 0.2) is 11.9 Å². The molecule has 0 bridgehead atoms. The van der Waals surface area contributed by atoms with Crippen molar-refractivity contribution < 1.29 is 19.1 Å². The van der Waals surface area contributed by atoms with E-state index < -0.39 is 11.5 Å². The number of ether oxygens (including phenoxy) is 1. The lowest BCUT2D eigenvalue weighted by Crippen LogP contribution is -2.66. The third kappa shape index (κ3) is 2.35. The number of halogens is 1. The summed E-state index contributed by atoms with van der Waals surface area (Å²) in [5, 5.41) is -0.218. The maximum Gasteiger partial charge on any atom is 0.260 e. The van der Waals surface area contributed by atoms with Crippen LogP contribution in [-0.2, 0) is 19.1 Å². The molecule has 2 aliphatic heterocycles. The van der Waals surface area contributed by atoms with Gasteiger partial charge in [-0.1, -0.05) is 20.8 Å². The number of rotatable bonds is 3. The highest BCUT2D eigenvalue weighted by molar-refractivity contribution is 9.18. The van der Waals surface area contributed by atoms with Gasteiger partial charge in [-0.05, 0) is 15.9 Å². The third-order valence-corrected chi connectivity index (χ3v) is 5.04. The summed E-state index contributed by atoms with van der Waals surface area (Å²) in [4.78, 5) is 37.8. The number of amides is 1. The molecule has 0 N–H and O–H groups in total. The number of nitrogens with zero attached hydrogens (tertiary/aromatic N) is 1. The molecular weight excluding hydrogens is 346 g/mol. The number of carbonyl (C=O) groups excluding carboxylic acids is 3. The molecule has 5 nitrogen and oxygen atoms in total. The zero-order chi connectivity index (χ0) is 15.2. The first-order chi connectivity index (χ1) is 9.20. The maximum absolute atomic E-state index is 12.6. The first-order valence-corrected chi connectivity index (χ1v) is 7.99. The van der Waals surface area contributed by atoms with Crippen LogP contribution >= 0.6 is 27.7 Å². The van der Waals surface area contributed by atoms with Gasteiger partial charge in [-0.15, -0.1) is 11.8 Å². The molecule has 2 aliphatic rings. The van der Waals surface area contributed by atoms with Gasteiger partial charge in [0.05, 0.1) is 5.70 Å². The van der Waals surface area contributed by atoms with Gasteiger partial charge in [-0.2, -0.15) is 0 Å². The molecule has 1 saturated heterocycles. The summed E-state index contributed by atoms with van der Waals surface area (Å²) in [6.45, 7) is 5.31. The highest BCUT2D eigenvalue weighted by Crippen LogP contribution is 2.43. The zero-order valence-corrected chi connectivity index (χ0v) is 14.1. The predicted octanol–water partition coefficient (Wildman–Crippen LogP) is 1.71. The number of fused-ring (bicyclic) bond motifs is 1. The SMILES string of the molecule is CO[C@H]1C(=O)N2C(C(=O)C(C)(C)C)=C(C(=O)Br)CS[C@@H]12. The normalized spacial score (nSPS) is 26.2. The Bertz CT molecular complexity index is 523. The summed E-state index contributed by atoms with van der Waals surface area (Å²) >= 11 is 4.34. The van der Waals surface area contributed by atoms with Gasteiger partial charge in [-0.3, -0.25) is 19.3 Å². The second-order valence-electron chi connectivity index (χ2n) is 5.75. The molecule has 0 radical (unpaired) electrons. The number of allylic oxidation sites excluding steroid dienone is 1. The standard InChI is InChI=1S/C13H16BrNO4S/c1-13(2,3)9(16)7-6(10(14)17)5-20-12-8(19-4)11(18)15(7)12/h8,12H,5H2,1-4H3/t8-,12-/m0/s1. The van der Waals surface area contributed by atoms with Crippen LogP contribution in [0.2, 0.25) is 0 Å². The molecule has 2 atom stereocenters. The summed E-state index contributed by atoms with van der Waals surface area (Å²) in [5.41, 5.74) is -0.0795. The minimum absolute atomic E-state index is 0.200. The van der Waals surface area contributed by atoms with E-state index in [1.54, 1.807) is 20.8 Å². The number of hydrogen-bond acceptors (Lipinski definition) is 5. The topological polar surface area (TPSA) is 63.7 Å². The predicted molar refractivity (Wildman–Crippen MR) is 79.3 cm³/mol. The van der Waals surface area contributed by atoms with Crippen molar-refractivity contribution in [1.82, 2.24) is 4.90 Å². The fourth-order valence-electron chi connectivity index (χ4n) is 2.19. The van der Waals surface area contributed by atoms with Crippen LogP contribution in [-0.4, -0.2) is 45.6 Å². The van der Waals surface area contributed by atoms with Crippen molar-refractivity contribution in [2.45, 2.75) is 32.2 Å². The lowest BCUT2D eigenvalue weighted by atomic mass is 9.86. The quantitative estimate of drug-likeness (QED) is 0.565. The van der Waals surface area contributed by atoms with E-state index in [0.29, 0.717) is 11.3 Å². The second-order valence-corrected chi connectivity index (χ2v) is 7.57. The number of methoxy groups -OCH3 is 1. The summed E-state index contributed by atoms with van der Waals surface area (Å²) in [6.07, 6.45) is -0.533. The molecule has 2 rings (SSSR count). The summed E-state index contributed by atoms with van der Waals surface area (Å²) in [7, 11) is 1.47. The molecule has 1 amide bonds. The van der Waals surface area contributed by atoms with Crippen molar-refractivity contribution in [2.24, 2.45) is 5.41 Å². The monoisotopic (exact) mass is 361 g/mol. The number of ketones is 1. The maximum atomic E-state index is 12.6. The van der Waals surface area contributed by atoms with Gasteiger partial charge in [0, 0.05) is 23.9 Å². The molecule has 1 fully saturated rings. The van der Waals surface area contributed by atoms with Gasteiger partial charge in [0.25, 0.3) is 5.91 Å². The van der Waals surface area contributed by atoms with E-state index in [2.05, 4.69) is 15.9 Å². The Labute approximate surface area is 130 Å². The average Bonchev–Trinajstić information content (AvgIpc) is 2.35. The Morgan fingerprint density at radius 3 is 2.45 bits per heavy atom. The van der Waals surface area contributed by atoms with E-state index in [4.69, 9.17) is 4.74 Å².